The molecule has 3 heteroatoms. The molecule has 0 radical (unpaired) electrons. The van der Waals surface area contributed by atoms with Crippen molar-refractivity contribution in [1.29, 1.82) is 0 Å². The van der Waals surface area contributed by atoms with Crippen molar-refractivity contribution >= 4 is 11.0 Å². The van der Waals surface area contributed by atoms with Gasteiger partial charge in [-0.25, -0.2) is 4.98 Å². The van der Waals surface area contributed by atoms with E-state index in [0.29, 0.717) is 6.04 Å². The van der Waals surface area contributed by atoms with Gasteiger partial charge in [-0.05, 0) is 44.2 Å². The van der Waals surface area contributed by atoms with Crippen LogP contribution in [0.15, 0.2) is 24.3 Å². The van der Waals surface area contributed by atoms with Gasteiger partial charge in [0.25, 0.3) is 0 Å². The molecule has 0 amide bonds. The molecule has 1 saturated carbocycles. The zero-order chi connectivity index (χ0) is 13.2. The first kappa shape index (κ1) is 12.7. The van der Waals surface area contributed by atoms with E-state index in [9.17, 15) is 0 Å². The zero-order valence-electron chi connectivity index (χ0n) is 11.9. The fourth-order valence-corrected chi connectivity index (χ4v) is 2.75. The van der Waals surface area contributed by atoms with E-state index in [1.54, 1.807) is 0 Å². The molecule has 0 bridgehead atoms. The van der Waals surface area contributed by atoms with Crippen molar-refractivity contribution in [3.63, 3.8) is 0 Å². The Hall–Kier alpha value is -1.35. The first-order valence-electron chi connectivity index (χ1n) is 7.47. The van der Waals surface area contributed by atoms with Crippen LogP contribution in [-0.2, 0) is 13.1 Å². The normalized spacial score (nSPS) is 16.9. The molecule has 1 aromatic heterocycles. The van der Waals surface area contributed by atoms with Crippen LogP contribution >= 0.6 is 0 Å². The Kier molecular flexibility index (Phi) is 3.56. The van der Waals surface area contributed by atoms with Crippen molar-refractivity contribution in [1.82, 2.24) is 14.9 Å². The highest BCUT2D eigenvalue weighted by atomic mass is 15.1. The molecule has 3 rings (SSSR count). The van der Waals surface area contributed by atoms with Gasteiger partial charge in [0.05, 0.1) is 17.6 Å². The lowest BCUT2D eigenvalue weighted by molar-refractivity contribution is 0.477. The first-order chi connectivity index (χ1) is 9.29. The highest BCUT2D eigenvalue weighted by Crippen LogP contribution is 2.32. The van der Waals surface area contributed by atoms with Gasteiger partial charge in [-0.3, -0.25) is 0 Å². The summed E-state index contributed by atoms with van der Waals surface area (Å²) in [4.78, 5) is 4.78. The molecule has 19 heavy (non-hydrogen) atoms. The Morgan fingerprint density at radius 3 is 2.89 bits per heavy atom. The zero-order valence-corrected chi connectivity index (χ0v) is 11.9. The average molecular weight is 257 g/mol. The lowest BCUT2D eigenvalue weighted by Gasteiger charge is -2.13. The topological polar surface area (TPSA) is 29.9 Å². The van der Waals surface area contributed by atoms with Crippen LogP contribution < -0.4 is 5.32 Å². The molecule has 3 nitrogen and oxygen atoms in total. The molecule has 0 aliphatic heterocycles. The van der Waals surface area contributed by atoms with Crippen molar-refractivity contribution in [2.45, 2.75) is 52.2 Å². The van der Waals surface area contributed by atoms with Gasteiger partial charge in [-0.2, -0.15) is 0 Å². The monoisotopic (exact) mass is 257 g/mol. The Morgan fingerprint density at radius 1 is 1.37 bits per heavy atom. The van der Waals surface area contributed by atoms with Crippen molar-refractivity contribution < 1.29 is 0 Å². The molecule has 102 valence electrons. The van der Waals surface area contributed by atoms with Crippen LogP contribution in [-0.4, -0.2) is 15.6 Å². The number of hydrogen-bond donors (Lipinski definition) is 1. The maximum Gasteiger partial charge on any atom is 0.123 e. The summed E-state index contributed by atoms with van der Waals surface area (Å²) in [5.74, 6) is 2.07. The summed E-state index contributed by atoms with van der Waals surface area (Å²) in [6.07, 6.45) is 3.92. The minimum absolute atomic E-state index is 0.620. The fourth-order valence-electron chi connectivity index (χ4n) is 2.75. The standard InChI is InChI=1S/C16H23N3/c1-3-10-19-15-7-5-4-6-14(15)18-16(19)11-17-12(2)13-8-9-13/h4-7,12-13,17H,3,8-11H2,1-2H3. The minimum Gasteiger partial charge on any atom is -0.327 e. The lowest BCUT2D eigenvalue weighted by Crippen LogP contribution is -2.28. The van der Waals surface area contributed by atoms with E-state index in [2.05, 4.69) is 48.0 Å². The quantitative estimate of drug-likeness (QED) is 0.860. The van der Waals surface area contributed by atoms with E-state index in [-0.39, 0.29) is 0 Å². The van der Waals surface area contributed by atoms with Gasteiger partial charge >= 0.3 is 0 Å². The molecular weight excluding hydrogens is 234 g/mol. The maximum atomic E-state index is 4.78. The molecule has 1 heterocycles. The van der Waals surface area contributed by atoms with E-state index in [0.717, 1.165) is 30.9 Å². The van der Waals surface area contributed by atoms with Crippen LogP contribution in [0.4, 0.5) is 0 Å². The van der Waals surface area contributed by atoms with Gasteiger partial charge in [-0.15, -0.1) is 0 Å². The number of imidazole rings is 1. The number of aromatic nitrogens is 2. The number of para-hydroxylation sites is 2. The van der Waals surface area contributed by atoms with Gasteiger partial charge in [0.2, 0.25) is 0 Å². The Balaban J connectivity index is 1.82. The first-order valence-corrected chi connectivity index (χ1v) is 7.47. The summed E-state index contributed by atoms with van der Waals surface area (Å²) in [7, 11) is 0. The van der Waals surface area contributed by atoms with Gasteiger partial charge in [0.1, 0.15) is 5.82 Å². The Bertz CT molecular complexity index is 554. The van der Waals surface area contributed by atoms with E-state index >= 15 is 0 Å². The summed E-state index contributed by atoms with van der Waals surface area (Å²) in [6.45, 7) is 6.45. The van der Waals surface area contributed by atoms with Gasteiger partial charge in [0.15, 0.2) is 0 Å². The molecule has 1 N–H and O–H groups in total. The largest absolute Gasteiger partial charge is 0.327 e. The smallest absolute Gasteiger partial charge is 0.123 e. The second kappa shape index (κ2) is 5.33. The van der Waals surface area contributed by atoms with Gasteiger partial charge in [0, 0.05) is 12.6 Å². The van der Waals surface area contributed by atoms with Crippen LogP contribution in [0, 0.1) is 5.92 Å². The van der Waals surface area contributed by atoms with Crippen molar-refractivity contribution in [2.75, 3.05) is 0 Å². The molecule has 1 aromatic carbocycles. The molecule has 1 unspecified atom stereocenters. The number of rotatable bonds is 6. The molecule has 1 aliphatic carbocycles. The third-order valence-corrected chi connectivity index (χ3v) is 4.09. The van der Waals surface area contributed by atoms with Gasteiger partial charge < -0.3 is 9.88 Å². The minimum atomic E-state index is 0.620. The van der Waals surface area contributed by atoms with Crippen LogP contribution in [0.5, 0.6) is 0 Å². The molecule has 1 fully saturated rings. The van der Waals surface area contributed by atoms with Crippen LogP contribution in [0.2, 0.25) is 0 Å². The molecule has 1 aliphatic rings. The van der Waals surface area contributed by atoms with Crippen molar-refractivity contribution in [2.24, 2.45) is 5.92 Å². The van der Waals surface area contributed by atoms with Crippen molar-refractivity contribution in [3.05, 3.63) is 30.1 Å². The van der Waals surface area contributed by atoms with Crippen LogP contribution in [0.25, 0.3) is 11.0 Å². The molecule has 1 atom stereocenters. The summed E-state index contributed by atoms with van der Waals surface area (Å²) in [6, 6.07) is 9.06. The molecule has 0 spiro atoms. The fraction of sp³-hybridized carbons (Fsp3) is 0.562. The summed E-state index contributed by atoms with van der Waals surface area (Å²) in [5, 5.41) is 3.64. The number of hydrogen-bond acceptors (Lipinski definition) is 2. The van der Waals surface area contributed by atoms with Crippen LogP contribution in [0.3, 0.4) is 0 Å². The number of nitrogens with one attached hydrogen (secondary N) is 1. The third kappa shape index (κ3) is 2.66. The average Bonchev–Trinajstić information content (AvgIpc) is 3.21. The number of nitrogens with zero attached hydrogens (tertiary/aromatic N) is 2. The summed E-state index contributed by atoms with van der Waals surface area (Å²) in [5.41, 5.74) is 2.38. The van der Waals surface area contributed by atoms with E-state index in [1.807, 2.05) is 0 Å². The Morgan fingerprint density at radius 2 is 2.16 bits per heavy atom. The summed E-state index contributed by atoms with van der Waals surface area (Å²) < 4.78 is 2.36. The highest BCUT2D eigenvalue weighted by Gasteiger charge is 2.27. The number of benzene rings is 1. The Labute approximate surface area is 115 Å². The predicted octanol–water partition coefficient (Wildman–Crippen LogP) is 3.33. The van der Waals surface area contributed by atoms with E-state index < -0.39 is 0 Å². The SMILES string of the molecule is CCCn1c(CNC(C)C2CC2)nc2ccccc21. The lowest BCUT2D eigenvalue weighted by atomic mass is 10.2. The molecule has 0 saturated heterocycles. The second-order valence-corrected chi connectivity index (χ2v) is 5.68. The number of aryl methyl sites for hydroxylation is 1. The maximum absolute atomic E-state index is 4.78. The highest BCUT2D eigenvalue weighted by molar-refractivity contribution is 5.75. The second-order valence-electron chi connectivity index (χ2n) is 5.68. The third-order valence-electron chi connectivity index (χ3n) is 4.09. The van der Waals surface area contributed by atoms with Gasteiger partial charge in [-0.1, -0.05) is 19.1 Å². The molecule has 2 aromatic rings. The summed E-state index contributed by atoms with van der Waals surface area (Å²) >= 11 is 0. The van der Waals surface area contributed by atoms with E-state index in [4.69, 9.17) is 4.98 Å². The van der Waals surface area contributed by atoms with E-state index in [1.165, 1.54) is 24.2 Å². The van der Waals surface area contributed by atoms with Crippen molar-refractivity contribution in [3.8, 4) is 0 Å². The molecular formula is C16H23N3. The van der Waals surface area contributed by atoms with Crippen LogP contribution in [0.1, 0.15) is 38.9 Å². The predicted molar refractivity (Wildman–Crippen MR) is 79.0 cm³/mol. The number of fused-ring (bicyclic) bond motifs is 1.